The number of hydrogen-bond acceptors (Lipinski definition) is 5. The molecule has 8 heteroatoms. The average Bonchev–Trinajstić information content (AvgIpc) is 2.91. The molecule has 3 rings (SSSR count). The highest BCUT2D eigenvalue weighted by atomic mass is 35.5. The SMILES string of the molecule is COC(Oc1ccc(CCCN(C)CC(c2ccc(Cl)cc2)c2ccc(Cl)cc2)cc1)C(=O)N(C)OC. The van der Waals surface area contributed by atoms with Crippen molar-refractivity contribution >= 4 is 29.1 Å². The maximum atomic E-state index is 12.2. The third-order valence-electron chi connectivity index (χ3n) is 6.21. The molecule has 0 aromatic heterocycles. The number of aryl methyl sites for hydroxylation is 1. The number of nitrogens with zero attached hydrogens (tertiary/aromatic N) is 2. The quantitative estimate of drug-likeness (QED) is 0.193. The van der Waals surface area contributed by atoms with Crippen LogP contribution in [0.15, 0.2) is 72.8 Å². The Labute approximate surface area is 229 Å². The molecule has 0 heterocycles. The summed E-state index contributed by atoms with van der Waals surface area (Å²) in [5.74, 6) is 0.344. The minimum atomic E-state index is -1.07. The molecule has 0 aliphatic heterocycles. The van der Waals surface area contributed by atoms with E-state index in [0.717, 1.165) is 41.0 Å². The van der Waals surface area contributed by atoms with E-state index in [1.807, 2.05) is 48.5 Å². The van der Waals surface area contributed by atoms with Crippen molar-refractivity contribution < 1.29 is 19.1 Å². The summed E-state index contributed by atoms with van der Waals surface area (Å²) < 4.78 is 10.8. The zero-order valence-electron chi connectivity index (χ0n) is 21.7. The van der Waals surface area contributed by atoms with Crippen molar-refractivity contribution in [3.63, 3.8) is 0 Å². The van der Waals surface area contributed by atoms with Gasteiger partial charge in [0.2, 0.25) is 0 Å². The van der Waals surface area contributed by atoms with Crippen LogP contribution >= 0.6 is 23.2 Å². The van der Waals surface area contributed by atoms with Crippen LogP contribution < -0.4 is 4.74 Å². The van der Waals surface area contributed by atoms with Gasteiger partial charge in [-0.25, -0.2) is 5.06 Å². The Morgan fingerprint density at radius 1 is 0.838 bits per heavy atom. The highest BCUT2D eigenvalue weighted by molar-refractivity contribution is 6.30. The standard InChI is InChI=1S/C29H34Cl2N2O4/c1-32(20-27(22-9-13-24(30)14-10-22)23-11-15-25(31)16-12-23)19-5-6-21-7-17-26(18-8-21)37-29(35-3)28(34)33(2)36-4/h7-18,27,29H,5-6,19-20H2,1-4H3. The number of hydroxylamine groups is 2. The lowest BCUT2D eigenvalue weighted by Crippen LogP contribution is -2.40. The third kappa shape index (κ3) is 8.73. The van der Waals surface area contributed by atoms with Gasteiger partial charge in [0.1, 0.15) is 5.75 Å². The predicted molar refractivity (Wildman–Crippen MR) is 148 cm³/mol. The van der Waals surface area contributed by atoms with E-state index < -0.39 is 12.2 Å². The van der Waals surface area contributed by atoms with Crippen LogP contribution in [0.2, 0.25) is 10.0 Å². The lowest BCUT2D eigenvalue weighted by atomic mass is 9.91. The Morgan fingerprint density at radius 3 is 1.86 bits per heavy atom. The summed E-state index contributed by atoms with van der Waals surface area (Å²) in [6.45, 7) is 1.82. The van der Waals surface area contributed by atoms with Gasteiger partial charge in [-0.1, -0.05) is 59.6 Å². The molecule has 0 saturated heterocycles. The highest BCUT2D eigenvalue weighted by Gasteiger charge is 2.24. The Kier molecular flexibility index (Phi) is 11.2. The van der Waals surface area contributed by atoms with Gasteiger partial charge in [0.05, 0.1) is 7.11 Å². The van der Waals surface area contributed by atoms with Gasteiger partial charge >= 0.3 is 5.91 Å². The topological polar surface area (TPSA) is 51.2 Å². The second kappa shape index (κ2) is 14.4. The van der Waals surface area contributed by atoms with Crippen LogP contribution in [0.1, 0.15) is 29.0 Å². The number of benzene rings is 3. The van der Waals surface area contributed by atoms with Gasteiger partial charge in [-0.05, 0) is 79.5 Å². The number of methoxy groups -OCH3 is 1. The number of ether oxygens (including phenoxy) is 2. The van der Waals surface area contributed by atoms with Crippen LogP contribution in [0.5, 0.6) is 5.75 Å². The van der Waals surface area contributed by atoms with Gasteiger partial charge in [0, 0.05) is 36.7 Å². The van der Waals surface area contributed by atoms with Crippen LogP contribution in [0.25, 0.3) is 0 Å². The number of hydrogen-bond donors (Lipinski definition) is 0. The van der Waals surface area contributed by atoms with Crippen LogP contribution in [0, 0.1) is 0 Å². The van der Waals surface area contributed by atoms with Crippen LogP contribution in [-0.2, 0) is 20.8 Å². The monoisotopic (exact) mass is 544 g/mol. The summed E-state index contributed by atoms with van der Waals surface area (Å²) in [7, 11) is 6.48. The molecule has 0 N–H and O–H groups in total. The summed E-state index contributed by atoms with van der Waals surface area (Å²) in [5.41, 5.74) is 3.64. The molecule has 1 unspecified atom stereocenters. The number of carbonyl (C=O) groups excluding carboxylic acids is 1. The van der Waals surface area contributed by atoms with E-state index in [2.05, 4.69) is 36.2 Å². The Morgan fingerprint density at radius 2 is 1.38 bits per heavy atom. The summed E-state index contributed by atoms with van der Waals surface area (Å²) in [6, 6.07) is 23.8. The second-order valence-electron chi connectivity index (χ2n) is 8.87. The molecule has 0 fully saturated rings. The molecule has 0 aliphatic carbocycles. The van der Waals surface area contributed by atoms with E-state index >= 15 is 0 Å². The lowest BCUT2D eigenvalue weighted by molar-refractivity contribution is -0.194. The van der Waals surface area contributed by atoms with E-state index in [0.29, 0.717) is 5.75 Å². The van der Waals surface area contributed by atoms with E-state index in [1.165, 1.54) is 38.0 Å². The highest BCUT2D eigenvalue weighted by Crippen LogP contribution is 2.28. The molecule has 37 heavy (non-hydrogen) atoms. The summed E-state index contributed by atoms with van der Waals surface area (Å²) >= 11 is 12.3. The Balaban J connectivity index is 1.55. The van der Waals surface area contributed by atoms with Crippen molar-refractivity contribution in [3.05, 3.63) is 99.5 Å². The first kappa shape index (κ1) is 29.0. The average molecular weight is 546 g/mol. The predicted octanol–water partition coefficient (Wildman–Crippen LogP) is 6.06. The maximum absolute atomic E-state index is 12.2. The Hall–Kier alpha value is -2.61. The molecule has 0 saturated carbocycles. The van der Waals surface area contributed by atoms with Crippen molar-refractivity contribution in [2.24, 2.45) is 0 Å². The summed E-state index contributed by atoms with van der Waals surface area (Å²) in [6.07, 6.45) is 0.859. The molecule has 1 amide bonds. The first-order valence-corrected chi connectivity index (χ1v) is 12.9. The summed E-state index contributed by atoms with van der Waals surface area (Å²) in [5, 5.41) is 2.54. The van der Waals surface area contributed by atoms with E-state index in [9.17, 15) is 4.79 Å². The minimum Gasteiger partial charge on any atom is -0.455 e. The largest absolute Gasteiger partial charge is 0.455 e. The van der Waals surface area contributed by atoms with Crippen molar-refractivity contribution in [3.8, 4) is 5.75 Å². The smallest absolute Gasteiger partial charge is 0.315 e. The molecule has 1 atom stereocenters. The second-order valence-corrected chi connectivity index (χ2v) is 9.74. The normalized spacial score (nSPS) is 12.1. The van der Waals surface area contributed by atoms with E-state index in [4.69, 9.17) is 37.5 Å². The minimum absolute atomic E-state index is 0.213. The number of carbonyl (C=O) groups is 1. The van der Waals surface area contributed by atoms with Crippen molar-refractivity contribution in [2.45, 2.75) is 25.0 Å². The molecule has 6 nitrogen and oxygen atoms in total. The molecule has 3 aromatic rings. The van der Waals surface area contributed by atoms with Gasteiger partial charge in [-0.15, -0.1) is 0 Å². The first-order valence-electron chi connectivity index (χ1n) is 12.1. The fourth-order valence-corrected chi connectivity index (χ4v) is 4.30. The van der Waals surface area contributed by atoms with Gasteiger partial charge in [-0.2, -0.15) is 0 Å². The molecular formula is C29H34Cl2N2O4. The number of halogens is 2. The lowest BCUT2D eigenvalue weighted by Gasteiger charge is -2.25. The molecule has 0 bridgehead atoms. The molecule has 3 aromatic carbocycles. The number of rotatable bonds is 13. The van der Waals surface area contributed by atoms with Crippen molar-refractivity contribution in [1.29, 1.82) is 0 Å². The maximum Gasteiger partial charge on any atom is 0.315 e. The fourth-order valence-electron chi connectivity index (χ4n) is 4.05. The van der Waals surface area contributed by atoms with Crippen LogP contribution in [0.4, 0.5) is 0 Å². The molecule has 0 aliphatic rings. The molecule has 0 radical (unpaired) electrons. The van der Waals surface area contributed by atoms with E-state index in [1.54, 1.807) is 0 Å². The van der Waals surface area contributed by atoms with Gasteiger partial charge in [-0.3, -0.25) is 9.63 Å². The first-order chi connectivity index (χ1) is 17.8. The van der Waals surface area contributed by atoms with Gasteiger partial charge < -0.3 is 14.4 Å². The van der Waals surface area contributed by atoms with Crippen LogP contribution in [-0.4, -0.2) is 63.6 Å². The van der Waals surface area contributed by atoms with Gasteiger partial charge in [0.25, 0.3) is 6.29 Å². The number of likely N-dealkylation sites (N-methyl/N-ethyl adjacent to an activating group) is 2. The van der Waals surface area contributed by atoms with E-state index in [-0.39, 0.29) is 5.92 Å². The number of amides is 1. The molecule has 0 spiro atoms. The zero-order valence-corrected chi connectivity index (χ0v) is 23.2. The zero-order chi connectivity index (χ0) is 26.8. The molecular weight excluding hydrogens is 511 g/mol. The fraction of sp³-hybridized carbons (Fsp3) is 0.345. The summed E-state index contributed by atoms with van der Waals surface area (Å²) in [4.78, 5) is 19.5. The van der Waals surface area contributed by atoms with Crippen molar-refractivity contribution in [1.82, 2.24) is 9.96 Å². The van der Waals surface area contributed by atoms with Crippen LogP contribution in [0.3, 0.4) is 0 Å². The van der Waals surface area contributed by atoms with Gasteiger partial charge in [0.15, 0.2) is 0 Å². The Bertz CT molecular complexity index is 1060. The third-order valence-corrected chi connectivity index (χ3v) is 6.71. The van der Waals surface area contributed by atoms with Crippen molar-refractivity contribution in [2.75, 3.05) is 41.4 Å². The molecule has 198 valence electrons.